The lowest BCUT2D eigenvalue weighted by molar-refractivity contribution is 0.519. The molecule has 1 atom stereocenters. The second kappa shape index (κ2) is 6.81. The lowest BCUT2D eigenvalue weighted by Crippen LogP contribution is -2.22. The van der Waals surface area contributed by atoms with E-state index in [1.54, 1.807) is 6.92 Å². The van der Waals surface area contributed by atoms with Gasteiger partial charge in [0.1, 0.15) is 11.6 Å². The van der Waals surface area contributed by atoms with Gasteiger partial charge in [-0.15, -0.1) is 0 Å². The summed E-state index contributed by atoms with van der Waals surface area (Å²) in [5.74, 6) is -0.719. The van der Waals surface area contributed by atoms with E-state index < -0.39 is 0 Å². The van der Waals surface area contributed by atoms with Crippen molar-refractivity contribution in [2.75, 3.05) is 6.54 Å². The topological polar surface area (TPSA) is 12.0 Å². The highest BCUT2D eigenvalue weighted by Gasteiger charge is 2.13. The molecular formula is C18H21F2N. The largest absolute Gasteiger partial charge is 0.310 e. The molecule has 0 saturated heterocycles. The molecular weight excluding hydrogens is 268 g/mol. The van der Waals surface area contributed by atoms with Crippen LogP contribution in [0.25, 0.3) is 0 Å². The number of benzene rings is 2. The average molecular weight is 289 g/mol. The van der Waals surface area contributed by atoms with Gasteiger partial charge in [-0.1, -0.05) is 29.8 Å². The van der Waals surface area contributed by atoms with Crippen molar-refractivity contribution >= 4 is 0 Å². The normalized spacial score (nSPS) is 12.4. The lowest BCUT2D eigenvalue weighted by Gasteiger charge is -2.16. The maximum absolute atomic E-state index is 13.9. The van der Waals surface area contributed by atoms with Crippen LogP contribution in [-0.2, 0) is 6.42 Å². The van der Waals surface area contributed by atoms with Crippen molar-refractivity contribution in [1.82, 2.24) is 5.32 Å². The molecule has 0 saturated carbocycles. The highest BCUT2D eigenvalue weighted by atomic mass is 19.1. The summed E-state index contributed by atoms with van der Waals surface area (Å²) in [4.78, 5) is 0. The third kappa shape index (κ3) is 4.11. The Labute approximate surface area is 125 Å². The minimum absolute atomic E-state index is 0.218. The first kappa shape index (κ1) is 15.6. The van der Waals surface area contributed by atoms with Gasteiger partial charge >= 0.3 is 0 Å². The number of rotatable bonds is 5. The Morgan fingerprint density at radius 1 is 1.05 bits per heavy atom. The van der Waals surface area contributed by atoms with Gasteiger partial charge in [-0.25, -0.2) is 8.78 Å². The van der Waals surface area contributed by atoms with Crippen molar-refractivity contribution < 1.29 is 8.78 Å². The van der Waals surface area contributed by atoms with Crippen molar-refractivity contribution in [3.8, 4) is 0 Å². The number of hydrogen-bond acceptors (Lipinski definition) is 1. The Morgan fingerprint density at radius 3 is 2.52 bits per heavy atom. The molecule has 0 aliphatic heterocycles. The van der Waals surface area contributed by atoms with Crippen molar-refractivity contribution in [2.24, 2.45) is 0 Å². The standard InChI is InChI=1S/C18H21F2N/c1-12-5-4-6-15(9-12)7-8-21-14(3)16-11-17(19)13(2)10-18(16)20/h4-6,9-11,14,21H,7-8H2,1-3H3. The van der Waals surface area contributed by atoms with E-state index in [-0.39, 0.29) is 17.7 Å². The Balaban J connectivity index is 1.96. The van der Waals surface area contributed by atoms with E-state index in [1.807, 2.05) is 13.0 Å². The number of halogens is 2. The van der Waals surface area contributed by atoms with Gasteiger partial charge in [0.25, 0.3) is 0 Å². The van der Waals surface area contributed by atoms with Crippen molar-refractivity contribution in [2.45, 2.75) is 33.2 Å². The monoisotopic (exact) mass is 289 g/mol. The number of hydrogen-bond donors (Lipinski definition) is 1. The Morgan fingerprint density at radius 2 is 1.81 bits per heavy atom. The van der Waals surface area contributed by atoms with Gasteiger partial charge in [-0.3, -0.25) is 0 Å². The average Bonchev–Trinajstić information content (AvgIpc) is 2.43. The summed E-state index contributed by atoms with van der Waals surface area (Å²) in [6, 6.07) is 10.6. The predicted octanol–water partition coefficient (Wildman–Crippen LogP) is 4.47. The van der Waals surface area contributed by atoms with Crippen LogP contribution >= 0.6 is 0 Å². The van der Waals surface area contributed by atoms with Crippen LogP contribution < -0.4 is 5.32 Å². The van der Waals surface area contributed by atoms with Gasteiger partial charge in [0, 0.05) is 11.6 Å². The molecule has 3 heteroatoms. The molecule has 0 aromatic heterocycles. The van der Waals surface area contributed by atoms with Gasteiger partial charge in [0.05, 0.1) is 0 Å². The SMILES string of the molecule is Cc1cccc(CCNC(C)c2cc(F)c(C)cc2F)c1. The van der Waals surface area contributed by atoms with Gasteiger partial charge in [0.15, 0.2) is 0 Å². The summed E-state index contributed by atoms with van der Waals surface area (Å²) in [6.07, 6.45) is 0.863. The molecule has 112 valence electrons. The van der Waals surface area contributed by atoms with Crippen molar-refractivity contribution in [3.63, 3.8) is 0 Å². The van der Waals surface area contributed by atoms with Crippen LogP contribution in [0.5, 0.6) is 0 Å². The van der Waals surface area contributed by atoms with Crippen LogP contribution in [-0.4, -0.2) is 6.54 Å². The number of nitrogens with one attached hydrogen (secondary N) is 1. The van der Waals surface area contributed by atoms with E-state index in [0.717, 1.165) is 13.0 Å². The van der Waals surface area contributed by atoms with E-state index in [1.165, 1.54) is 23.3 Å². The van der Waals surface area contributed by atoms with E-state index in [0.29, 0.717) is 11.1 Å². The summed E-state index contributed by atoms with van der Waals surface area (Å²) in [6.45, 7) is 6.20. The third-order valence-corrected chi connectivity index (χ3v) is 3.69. The van der Waals surface area contributed by atoms with Crippen LogP contribution in [0, 0.1) is 25.5 Å². The highest BCUT2D eigenvalue weighted by Crippen LogP contribution is 2.20. The summed E-state index contributed by atoms with van der Waals surface area (Å²) in [7, 11) is 0. The molecule has 0 bridgehead atoms. The zero-order valence-electron chi connectivity index (χ0n) is 12.7. The Bertz CT molecular complexity index is 623. The molecule has 0 amide bonds. The van der Waals surface area contributed by atoms with Crippen molar-refractivity contribution in [1.29, 1.82) is 0 Å². The molecule has 21 heavy (non-hydrogen) atoms. The minimum atomic E-state index is -0.362. The van der Waals surface area contributed by atoms with Crippen LogP contribution in [0.2, 0.25) is 0 Å². The van der Waals surface area contributed by atoms with E-state index in [9.17, 15) is 8.78 Å². The second-order valence-electron chi connectivity index (χ2n) is 5.54. The fourth-order valence-corrected chi connectivity index (χ4v) is 2.40. The molecule has 0 heterocycles. The first-order valence-electron chi connectivity index (χ1n) is 7.22. The minimum Gasteiger partial charge on any atom is -0.310 e. The fourth-order valence-electron chi connectivity index (χ4n) is 2.40. The first-order valence-corrected chi connectivity index (χ1v) is 7.22. The molecule has 0 aliphatic carbocycles. The van der Waals surface area contributed by atoms with Gasteiger partial charge in [-0.2, -0.15) is 0 Å². The van der Waals surface area contributed by atoms with Gasteiger partial charge in [-0.05, 0) is 57.0 Å². The van der Waals surface area contributed by atoms with E-state index >= 15 is 0 Å². The molecule has 1 unspecified atom stereocenters. The lowest BCUT2D eigenvalue weighted by atomic mass is 10.0. The molecule has 2 aromatic rings. The van der Waals surface area contributed by atoms with Crippen LogP contribution in [0.4, 0.5) is 8.78 Å². The van der Waals surface area contributed by atoms with E-state index in [2.05, 4.69) is 30.4 Å². The third-order valence-electron chi connectivity index (χ3n) is 3.69. The van der Waals surface area contributed by atoms with Crippen LogP contribution in [0.15, 0.2) is 36.4 Å². The molecule has 0 fully saturated rings. The quantitative estimate of drug-likeness (QED) is 0.856. The summed E-state index contributed by atoms with van der Waals surface area (Å²) in [5.41, 5.74) is 3.18. The molecule has 2 aromatic carbocycles. The van der Waals surface area contributed by atoms with Gasteiger partial charge in [0.2, 0.25) is 0 Å². The highest BCUT2D eigenvalue weighted by molar-refractivity contribution is 5.27. The fraction of sp³-hybridized carbons (Fsp3) is 0.333. The predicted molar refractivity (Wildman–Crippen MR) is 82.4 cm³/mol. The summed E-state index contributed by atoms with van der Waals surface area (Å²) >= 11 is 0. The molecule has 1 N–H and O–H groups in total. The Kier molecular flexibility index (Phi) is 5.07. The van der Waals surface area contributed by atoms with Crippen LogP contribution in [0.1, 0.15) is 35.2 Å². The van der Waals surface area contributed by atoms with Gasteiger partial charge < -0.3 is 5.32 Å². The molecule has 1 nitrogen and oxygen atoms in total. The van der Waals surface area contributed by atoms with Crippen LogP contribution in [0.3, 0.4) is 0 Å². The summed E-state index contributed by atoms with van der Waals surface area (Å²) in [5, 5.41) is 3.25. The summed E-state index contributed by atoms with van der Waals surface area (Å²) < 4.78 is 27.4. The molecule has 0 aliphatic rings. The first-order chi connectivity index (χ1) is 9.97. The molecule has 0 spiro atoms. The maximum atomic E-state index is 13.9. The van der Waals surface area contributed by atoms with E-state index in [4.69, 9.17) is 0 Å². The van der Waals surface area contributed by atoms with Crippen molar-refractivity contribution in [3.05, 3.63) is 70.3 Å². The zero-order chi connectivity index (χ0) is 15.4. The second-order valence-corrected chi connectivity index (χ2v) is 5.54. The Hall–Kier alpha value is -1.74. The zero-order valence-corrected chi connectivity index (χ0v) is 12.7. The molecule has 2 rings (SSSR count). The smallest absolute Gasteiger partial charge is 0.128 e. The molecule has 0 radical (unpaired) electrons. The number of aryl methyl sites for hydroxylation is 2. The maximum Gasteiger partial charge on any atom is 0.128 e.